The van der Waals surface area contributed by atoms with Crippen molar-refractivity contribution >= 4 is 5.78 Å². The van der Waals surface area contributed by atoms with Gasteiger partial charge in [-0.2, -0.15) is 0 Å². The van der Waals surface area contributed by atoms with Crippen molar-refractivity contribution in [3.63, 3.8) is 0 Å². The fourth-order valence-corrected chi connectivity index (χ4v) is 2.18. The van der Waals surface area contributed by atoms with Crippen LogP contribution in [-0.2, 0) is 0 Å². The number of Topliss-reactive ketones (excluding diaryl/α,β-unsaturated/α-hetero) is 1. The SMILES string of the molecule is CCC(=O)c1cccc(-c2ccc(OC3CC3)cc2)c1. The Kier molecular flexibility index (Phi) is 3.55. The monoisotopic (exact) mass is 266 g/mol. The molecule has 2 aromatic carbocycles. The first-order valence-electron chi connectivity index (χ1n) is 7.16. The lowest BCUT2D eigenvalue weighted by Gasteiger charge is -2.07. The largest absolute Gasteiger partial charge is 0.490 e. The van der Waals surface area contributed by atoms with Crippen LogP contribution in [0.25, 0.3) is 11.1 Å². The minimum atomic E-state index is 0.181. The molecule has 3 rings (SSSR count). The summed E-state index contributed by atoms with van der Waals surface area (Å²) in [6.07, 6.45) is 3.30. The zero-order valence-corrected chi connectivity index (χ0v) is 11.6. The number of ketones is 1. The third kappa shape index (κ3) is 2.90. The predicted molar refractivity (Wildman–Crippen MR) is 80.1 cm³/mol. The van der Waals surface area contributed by atoms with E-state index in [-0.39, 0.29) is 5.78 Å². The van der Waals surface area contributed by atoms with Crippen molar-refractivity contribution in [1.82, 2.24) is 0 Å². The van der Waals surface area contributed by atoms with Crippen LogP contribution < -0.4 is 4.74 Å². The fraction of sp³-hybridized carbons (Fsp3) is 0.278. The van der Waals surface area contributed by atoms with Gasteiger partial charge in [-0.15, -0.1) is 0 Å². The van der Waals surface area contributed by atoms with E-state index in [1.165, 1.54) is 12.8 Å². The van der Waals surface area contributed by atoms with Crippen LogP contribution in [-0.4, -0.2) is 11.9 Å². The van der Waals surface area contributed by atoms with E-state index in [4.69, 9.17) is 4.74 Å². The van der Waals surface area contributed by atoms with Gasteiger partial charge >= 0.3 is 0 Å². The summed E-state index contributed by atoms with van der Waals surface area (Å²) in [7, 11) is 0. The number of hydrogen-bond donors (Lipinski definition) is 0. The van der Waals surface area contributed by atoms with E-state index in [9.17, 15) is 4.79 Å². The van der Waals surface area contributed by atoms with Gasteiger partial charge in [0.15, 0.2) is 5.78 Å². The van der Waals surface area contributed by atoms with Crippen LogP contribution in [0.15, 0.2) is 48.5 Å². The van der Waals surface area contributed by atoms with Crippen molar-refractivity contribution < 1.29 is 9.53 Å². The molecular formula is C18H18O2. The average molecular weight is 266 g/mol. The second-order valence-electron chi connectivity index (χ2n) is 5.20. The molecule has 1 aliphatic carbocycles. The molecule has 102 valence electrons. The maximum Gasteiger partial charge on any atom is 0.162 e. The Morgan fingerprint density at radius 1 is 1.10 bits per heavy atom. The maximum absolute atomic E-state index is 11.8. The molecule has 1 fully saturated rings. The summed E-state index contributed by atoms with van der Waals surface area (Å²) in [5, 5.41) is 0. The molecule has 1 aliphatic rings. The minimum absolute atomic E-state index is 0.181. The summed E-state index contributed by atoms with van der Waals surface area (Å²) in [5.74, 6) is 1.11. The van der Waals surface area contributed by atoms with Crippen LogP contribution in [0.4, 0.5) is 0 Å². The van der Waals surface area contributed by atoms with E-state index < -0.39 is 0 Å². The summed E-state index contributed by atoms with van der Waals surface area (Å²) in [6, 6.07) is 15.9. The molecule has 0 radical (unpaired) electrons. The molecule has 0 aromatic heterocycles. The fourth-order valence-electron chi connectivity index (χ4n) is 2.18. The predicted octanol–water partition coefficient (Wildman–Crippen LogP) is 4.49. The van der Waals surface area contributed by atoms with Gasteiger partial charge in [0, 0.05) is 12.0 Å². The topological polar surface area (TPSA) is 26.3 Å². The van der Waals surface area contributed by atoms with Crippen molar-refractivity contribution in [2.75, 3.05) is 0 Å². The lowest BCUT2D eigenvalue weighted by atomic mass is 10.0. The Morgan fingerprint density at radius 3 is 2.50 bits per heavy atom. The zero-order valence-electron chi connectivity index (χ0n) is 11.6. The molecule has 0 unspecified atom stereocenters. The van der Waals surface area contributed by atoms with Crippen molar-refractivity contribution in [2.24, 2.45) is 0 Å². The highest BCUT2D eigenvalue weighted by molar-refractivity contribution is 5.97. The van der Waals surface area contributed by atoms with E-state index >= 15 is 0 Å². The Bertz CT molecular complexity index is 610. The van der Waals surface area contributed by atoms with Gasteiger partial charge in [0.25, 0.3) is 0 Å². The quantitative estimate of drug-likeness (QED) is 0.745. The highest BCUT2D eigenvalue weighted by atomic mass is 16.5. The molecule has 0 N–H and O–H groups in total. The Morgan fingerprint density at radius 2 is 1.85 bits per heavy atom. The maximum atomic E-state index is 11.8. The molecule has 1 saturated carbocycles. The third-order valence-corrected chi connectivity index (χ3v) is 3.52. The Labute approximate surface area is 119 Å². The minimum Gasteiger partial charge on any atom is -0.490 e. The normalized spacial score (nSPS) is 14.1. The summed E-state index contributed by atoms with van der Waals surface area (Å²) < 4.78 is 5.74. The van der Waals surface area contributed by atoms with Crippen LogP contribution in [0.5, 0.6) is 5.75 Å². The molecule has 0 heterocycles. The van der Waals surface area contributed by atoms with Crippen LogP contribution in [0.3, 0.4) is 0 Å². The summed E-state index contributed by atoms with van der Waals surface area (Å²) in [5.41, 5.74) is 2.96. The van der Waals surface area contributed by atoms with Crippen molar-refractivity contribution in [1.29, 1.82) is 0 Å². The Balaban J connectivity index is 1.82. The van der Waals surface area contributed by atoms with Crippen LogP contribution in [0, 0.1) is 0 Å². The first kappa shape index (κ1) is 12.9. The number of rotatable bonds is 5. The van der Waals surface area contributed by atoms with Gasteiger partial charge in [-0.05, 0) is 42.2 Å². The highest BCUT2D eigenvalue weighted by Gasteiger charge is 2.23. The molecule has 0 spiro atoms. The number of carbonyl (C=O) groups is 1. The molecular weight excluding hydrogens is 248 g/mol. The van der Waals surface area contributed by atoms with Gasteiger partial charge < -0.3 is 4.74 Å². The molecule has 20 heavy (non-hydrogen) atoms. The van der Waals surface area contributed by atoms with E-state index in [0.29, 0.717) is 12.5 Å². The van der Waals surface area contributed by atoms with Crippen molar-refractivity contribution in [2.45, 2.75) is 32.3 Å². The van der Waals surface area contributed by atoms with Crippen LogP contribution in [0.2, 0.25) is 0 Å². The van der Waals surface area contributed by atoms with Crippen LogP contribution in [0.1, 0.15) is 36.5 Å². The average Bonchev–Trinajstić information content (AvgIpc) is 3.31. The molecule has 0 amide bonds. The van der Waals surface area contributed by atoms with Gasteiger partial charge in [0.05, 0.1) is 6.10 Å². The highest BCUT2D eigenvalue weighted by Crippen LogP contribution is 2.29. The van der Waals surface area contributed by atoms with Gasteiger partial charge in [0.1, 0.15) is 5.75 Å². The van der Waals surface area contributed by atoms with Crippen molar-refractivity contribution in [3.8, 4) is 16.9 Å². The second-order valence-corrected chi connectivity index (χ2v) is 5.20. The van der Waals surface area contributed by atoms with E-state index in [0.717, 1.165) is 22.4 Å². The first-order chi connectivity index (χ1) is 9.76. The number of ether oxygens (including phenoxy) is 1. The first-order valence-corrected chi connectivity index (χ1v) is 7.16. The molecule has 0 atom stereocenters. The molecule has 0 bridgehead atoms. The van der Waals surface area contributed by atoms with Crippen LogP contribution >= 0.6 is 0 Å². The van der Waals surface area contributed by atoms with E-state index in [1.54, 1.807) is 0 Å². The van der Waals surface area contributed by atoms with Crippen molar-refractivity contribution in [3.05, 3.63) is 54.1 Å². The lowest BCUT2D eigenvalue weighted by Crippen LogP contribution is -1.96. The van der Waals surface area contributed by atoms with Gasteiger partial charge in [-0.1, -0.05) is 37.3 Å². The molecule has 0 saturated heterocycles. The summed E-state index contributed by atoms with van der Waals surface area (Å²) in [6.45, 7) is 1.89. The standard InChI is InChI=1S/C18H18O2/c1-2-18(19)15-5-3-4-14(12-15)13-6-8-16(9-7-13)20-17-10-11-17/h3-9,12,17H,2,10-11H2,1H3. The van der Waals surface area contributed by atoms with Gasteiger partial charge in [-0.25, -0.2) is 0 Å². The Hall–Kier alpha value is -2.09. The smallest absolute Gasteiger partial charge is 0.162 e. The molecule has 2 aromatic rings. The molecule has 0 aliphatic heterocycles. The van der Waals surface area contributed by atoms with E-state index in [1.807, 2.05) is 55.5 Å². The molecule has 2 heteroatoms. The number of benzene rings is 2. The third-order valence-electron chi connectivity index (χ3n) is 3.52. The summed E-state index contributed by atoms with van der Waals surface area (Å²) >= 11 is 0. The van der Waals surface area contributed by atoms with E-state index in [2.05, 4.69) is 0 Å². The summed E-state index contributed by atoms with van der Waals surface area (Å²) in [4.78, 5) is 11.8. The number of hydrogen-bond acceptors (Lipinski definition) is 2. The second kappa shape index (κ2) is 5.49. The zero-order chi connectivity index (χ0) is 13.9. The molecule has 2 nitrogen and oxygen atoms in total. The lowest BCUT2D eigenvalue weighted by molar-refractivity contribution is 0.0988. The van der Waals surface area contributed by atoms with Gasteiger partial charge in [0.2, 0.25) is 0 Å². The number of carbonyl (C=O) groups excluding carboxylic acids is 1. The van der Waals surface area contributed by atoms with Gasteiger partial charge in [-0.3, -0.25) is 4.79 Å².